The summed E-state index contributed by atoms with van der Waals surface area (Å²) in [6.45, 7) is 4.67. The number of rotatable bonds is 4. The van der Waals surface area contributed by atoms with Crippen molar-refractivity contribution in [2.24, 2.45) is 15.7 Å². The third-order valence-corrected chi connectivity index (χ3v) is 4.07. The summed E-state index contributed by atoms with van der Waals surface area (Å²) in [5.41, 5.74) is 8.75. The van der Waals surface area contributed by atoms with Crippen LogP contribution in [0.5, 0.6) is 0 Å². The lowest BCUT2D eigenvalue weighted by molar-refractivity contribution is -0.121. The molecule has 2 aliphatic heterocycles. The van der Waals surface area contributed by atoms with Gasteiger partial charge in [-0.2, -0.15) is 9.98 Å². The number of nitrogens with one attached hydrogen (secondary N) is 1. The maximum absolute atomic E-state index is 11.5. The number of pyridine rings is 1. The molecule has 3 N–H and O–H groups in total. The molecule has 1 saturated heterocycles. The standard InChI is InChI=1S/C15H16N6O3/c1-2-10(22)20-21-5-3-8(4-6-21)11-13-12(18-15(24)19-13)9(7-17-11)14(16)23/h2,7-8H,1,3-6H2,(H2,16,23)(H,20,22). The van der Waals surface area contributed by atoms with Gasteiger partial charge in [-0.25, -0.2) is 9.80 Å². The van der Waals surface area contributed by atoms with Gasteiger partial charge in [-0.05, 0) is 18.9 Å². The Labute approximate surface area is 136 Å². The van der Waals surface area contributed by atoms with E-state index in [1.54, 1.807) is 0 Å². The van der Waals surface area contributed by atoms with Crippen LogP contribution in [0.4, 0.5) is 4.79 Å². The summed E-state index contributed by atoms with van der Waals surface area (Å²) < 4.78 is 0. The van der Waals surface area contributed by atoms with Crippen LogP contribution in [0.25, 0.3) is 0 Å². The van der Waals surface area contributed by atoms with Crippen LogP contribution in [-0.2, 0) is 4.79 Å². The molecule has 0 unspecified atom stereocenters. The Bertz CT molecular complexity index is 855. The Morgan fingerprint density at radius 2 is 1.96 bits per heavy atom. The van der Waals surface area contributed by atoms with Gasteiger partial charge in [-0.3, -0.25) is 20.0 Å². The number of urea groups is 1. The predicted molar refractivity (Wildman–Crippen MR) is 82.4 cm³/mol. The molecule has 0 radical (unpaired) electrons. The molecule has 2 aliphatic rings. The average Bonchev–Trinajstić information content (AvgIpc) is 2.95. The van der Waals surface area contributed by atoms with Crippen LogP contribution in [0.2, 0.25) is 0 Å². The van der Waals surface area contributed by atoms with E-state index in [1.807, 2.05) is 5.01 Å². The van der Waals surface area contributed by atoms with Gasteiger partial charge >= 0.3 is 6.03 Å². The summed E-state index contributed by atoms with van der Waals surface area (Å²) in [5, 5.41) is 2.36. The zero-order chi connectivity index (χ0) is 17.3. The van der Waals surface area contributed by atoms with Gasteiger partial charge in [-0.15, -0.1) is 0 Å². The van der Waals surface area contributed by atoms with Crippen molar-refractivity contribution in [3.05, 3.63) is 40.8 Å². The van der Waals surface area contributed by atoms with Crippen LogP contribution in [0.1, 0.15) is 34.8 Å². The SMILES string of the molecule is C=CC(=O)NN1CCC(c2ncc(C(N)=O)c3c2=NC(=O)N=3)CC1. The Hall–Kier alpha value is -2.94. The largest absolute Gasteiger partial charge is 0.368 e. The van der Waals surface area contributed by atoms with Gasteiger partial charge in [-0.1, -0.05) is 6.58 Å². The Balaban J connectivity index is 1.85. The molecule has 0 aliphatic carbocycles. The second-order valence-corrected chi connectivity index (χ2v) is 5.57. The van der Waals surface area contributed by atoms with Gasteiger partial charge in [0.25, 0.3) is 11.8 Å². The third-order valence-electron chi connectivity index (χ3n) is 4.07. The van der Waals surface area contributed by atoms with E-state index in [9.17, 15) is 14.4 Å². The molecular formula is C15H16N6O3. The zero-order valence-electron chi connectivity index (χ0n) is 12.9. The van der Waals surface area contributed by atoms with Crippen molar-refractivity contribution >= 4 is 17.8 Å². The highest BCUT2D eigenvalue weighted by Gasteiger charge is 2.26. The molecule has 4 amide bonds. The molecular weight excluding hydrogens is 312 g/mol. The number of fused-ring (bicyclic) bond motifs is 1. The maximum Gasteiger partial charge on any atom is 0.368 e. The summed E-state index contributed by atoms with van der Waals surface area (Å²) in [4.78, 5) is 46.3. The lowest BCUT2D eigenvalue weighted by Gasteiger charge is -2.31. The highest BCUT2D eigenvalue weighted by atomic mass is 16.2. The van der Waals surface area contributed by atoms with Crippen LogP contribution in [0, 0.1) is 0 Å². The first kappa shape index (κ1) is 15.9. The van der Waals surface area contributed by atoms with Crippen molar-refractivity contribution in [1.82, 2.24) is 15.4 Å². The fourth-order valence-electron chi connectivity index (χ4n) is 2.89. The predicted octanol–water partition coefficient (Wildman–Crippen LogP) is -1.05. The Morgan fingerprint density at radius 3 is 2.58 bits per heavy atom. The fraction of sp³-hybridized carbons (Fsp3) is 0.333. The third kappa shape index (κ3) is 2.93. The minimum atomic E-state index is -0.694. The maximum atomic E-state index is 11.5. The van der Waals surface area contributed by atoms with Crippen LogP contribution in [0.3, 0.4) is 0 Å². The molecule has 0 saturated carbocycles. The number of primary amides is 1. The highest BCUT2D eigenvalue weighted by Crippen LogP contribution is 2.23. The van der Waals surface area contributed by atoms with E-state index < -0.39 is 11.9 Å². The molecule has 1 aromatic rings. The first-order chi connectivity index (χ1) is 11.5. The molecule has 0 spiro atoms. The molecule has 124 valence electrons. The zero-order valence-corrected chi connectivity index (χ0v) is 12.9. The lowest BCUT2D eigenvalue weighted by Crippen LogP contribution is -2.46. The smallest absolute Gasteiger partial charge is 0.365 e. The van der Waals surface area contributed by atoms with Crippen molar-refractivity contribution in [3.63, 3.8) is 0 Å². The van der Waals surface area contributed by atoms with E-state index in [1.165, 1.54) is 12.3 Å². The molecule has 1 fully saturated rings. The van der Waals surface area contributed by atoms with Crippen LogP contribution in [-0.4, -0.2) is 40.9 Å². The molecule has 9 heteroatoms. The summed E-state index contributed by atoms with van der Waals surface area (Å²) in [6, 6.07) is -0.655. The summed E-state index contributed by atoms with van der Waals surface area (Å²) in [6.07, 6.45) is 4.00. The summed E-state index contributed by atoms with van der Waals surface area (Å²) in [5.74, 6) is -0.888. The van der Waals surface area contributed by atoms with Crippen LogP contribution >= 0.6 is 0 Å². The van der Waals surface area contributed by atoms with Crippen molar-refractivity contribution in [3.8, 4) is 0 Å². The number of nitrogens with zero attached hydrogens (tertiary/aromatic N) is 4. The van der Waals surface area contributed by atoms with Gasteiger partial charge in [0.15, 0.2) is 0 Å². The number of aromatic nitrogens is 1. The van der Waals surface area contributed by atoms with E-state index in [2.05, 4.69) is 27.0 Å². The molecule has 24 heavy (non-hydrogen) atoms. The molecule has 3 rings (SSSR count). The number of piperidine rings is 1. The monoisotopic (exact) mass is 328 g/mol. The number of hydrogen-bond acceptors (Lipinski definition) is 5. The van der Waals surface area contributed by atoms with E-state index in [0.29, 0.717) is 24.1 Å². The normalized spacial score (nSPS) is 17.6. The quantitative estimate of drug-likeness (QED) is 0.681. The van der Waals surface area contributed by atoms with Gasteiger partial charge in [0.05, 0.1) is 11.3 Å². The summed E-state index contributed by atoms with van der Waals surface area (Å²) >= 11 is 0. The Morgan fingerprint density at radius 1 is 1.29 bits per heavy atom. The highest BCUT2D eigenvalue weighted by molar-refractivity contribution is 5.93. The molecule has 0 bridgehead atoms. The lowest BCUT2D eigenvalue weighted by atomic mass is 9.93. The van der Waals surface area contributed by atoms with Crippen molar-refractivity contribution in [2.75, 3.05) is 13.1 Å². The van der Waals surface area contributed by atoms with Gasteiger partial charge in [0, 0.05) is 25.2 Å². The molecule has 0 atom stereocenters. The Kier molecular flexibility index (Phi) is 4.17. The van der Waals surface area contributed by atoms with Crippen molar-refractivity contribution in [2.45, 2.75) is 18.8 Å². The van der Waals surface area contributed by atoms with E-state index in [0.717, 1.165) is 12.8 Å². The minimum absolute atomic E-state index is 0.0578. The second kappa shape index (κ2) is 6.28. The number of hydrogen-bond donors (Lipinski definition) is 2. The van der Waals surface area contributed by atoms with Crippen LogP contribution < -0.4 is 21.9 Å². The second-order valence-electron chi connectivity index (χ2n) is 5.57. The first-order valence-electron chi connectivity index (χ1n) is 7.47. The van der Waals surface area contributed by atoms with Gasteiger partial charge in [0.1, 0.15) is 10.7 Å². The summed E-state index contributed by atoms with van der Waals surface area (Å²) in [7, 11) is 0. The topological polar surface area (TPSA) is 130 Å². The van der Waals surface area contributed by atoms with Crippen molar-refractivity contribution in [1.29, 1.82) is 0 Å². The molecule has 0 aromatic carbocycles. The molecule has 9 nitrogen and oxygen atoms in total. The van der Waals surface area contributed by atoms with Gasteiger partial charge in [0.2, 0.25) is 0 Å². The van der Waals surface area contributed by atoms with E-state index >= 15 is 0 Å². The number of amides is 4. The van der Waals surface area contributed by atoms with Crippen molar-refractivity contribution < 1.29 is 14.4 Å². The minimum Gasteiger partial charge on any atom is -0.365 e. The molecule has 3 heterocycles. The number of carbonyl (C=O) groups excluding carboxylic acids is 3. The fourth-order valence-corrected chi connectivity index (χ4v) is 2.89. The van der Waals surface area contributed by atoms with Crippen LogP contribution in [0.15, 0.2) is 28.8 Å². The average molecular weight is 328 g/mol. The number of hydrazine groups is 1. The number of carbonyl (C=O) groups is 3. The number of nitrogens with two attached hydrogens (primary N) is 1. The van der Waals surface area contributed by atoms with Gasteiger partial charge < -0.3 is 5.73 Å². The van der Waals surface area contributed by atoms with E-state index in [4.69, 9.17) is 5.73 Å². The first-order valence-corrected chi connectivity index (χ1v) is 7.47. The van der Waals surface area contributed by atoms with E-state index in [-0.39, 0.29) is 22.7 Å². The molecule has 1 aromatic heterocycles.